The molecule has 0 radical (unpaired) electrons. The number of amides is 1. The van der Waals surface area contributed by atoms with Crippen molar-refractivity contribution >= 4 is 11.6 Å². The number of anilines is 1. The van der Waals surface area contributed by atoms with Gasteiger partial charge in [0.2, 0.25) is 5.91 Å². The highest BCUT2D eigenvalue weighted by atomic mass is 19.4. The van der Waals surface area contributed by atoms with Gasteiger partial charge in [0.05, 0.1) is 0 Å². The number of rotatable bonds is 5. The maximum Gasteiger partial charge on any atom is 0.422 e. The minimum atomic E-state index is -4.40. The number of nitrogens with two attached hydrogens (primary N) is 1. The number of halogens is 3. The number of hydrogen-bond donors (Lipinski definition) is 2. The number of alkyl halides is 3. The normalized spacial score (nSPS) is 21.3. The van der Waals surface area contributed by atoms with Gasteiger partial charge in [-0.1, -0.05) is 12.5 Å². The second-order valence-corrected chi connectivity index (χ2v) is 5.94. The Morgan fingerprint density at radius 1 is 1.39 bits per heavy atom. The fraction of sp³-hybridized carbons (Fsp3) is 0.562. The summed E-state index contributed by atoms with van der Waals surface area (Å²) in [5.41, 5.74) is 6.88. The zero-order valence-electron chi connectivity index (χ0n) is 13.0. The molecule has 7 heteroatoms. The molecule has 0 bridgehead atoms. The zero-order chi connectivity index (χ0) is 17.0. The van der Waals surface area contributed by atoms with Crippen LogP contribution in [0.3, 0.4) is 0 Å². The van der Waals surface area contributed by atoms with Gasteiger partial charge < -0.3 is 15.8 Å². The van der Waals surface area contributed by atoms with E-state index in [0.717, 1.165) is 19.3 Å². The zero-order valence-corrected chi connectivity index (χ0v) is 13.0. The van der Waals surface area contributed by atoms with Crippen LogP contribution in [0.25, 0.3) is 0 Å². The van der Waals surface area contributed by atoms with Crippen molar-refractivity contribution in [3.05, 3.63) is 23.8 Å². The molecule has 1 fully saturated rings. The lowest BCUT2D eigenvalue weighted by atomic mass is 10.00. The summed E-state index contributed by atoms with van der Waals surface area (Å²) in [5, 5.41) is 2.74. The molecule has 0 unspecified atom stereocenters. The molecular formula is C16H21F3N2O2. The largest absolute Gasteiger partial charge is 0.484 e. The Labute approximate surface area is 133 Å². The van der Waals surface area contributed by atoms with Crippen molar-refractivity contribution in [3.63, 3.8) is 0 Å². The predicted octanol–water partition coefficient (Wildman–Crippen LogP) is 3.39. The van der Waals surface area contributed by atoms with Gasteiger partial charge in [-0.2, -0.15) is 13.2 Å². The lowest BCUT2D eigenvalue weighted by molar-refractivity contribution is -0.153. The number of carbonyl (C=O) groups excluding carboxylic acids is 1. The Balaban J connectivity index is 1.98. The van der Waals surface area contributed by atoms with Crippen LogP contribution in [0.5, 0.6) is 5.75 Å². The molecule has 0 spiro atoms. The Bertz CT molecular complexity index is 561. The molecule has 3 N–H and O–H groups in total. The van der Waals surface area contributed by atoms with Crippen LogP contribution < -0.4 is 15.8 Å². The number of hydrogen-bond acceptors (Lipinski definition) is 3. The number of nitrogens with one attached hydrogen (secondary N) is 1. The third-order valence-electron chi connectivity index (χ3n) is 4.11. The van der Waals surface area contributed by atoms with E-state index in [9.17, 15) is 18.0 Å². The Morgan fingerprint density at radius 2 is 2.13 bits per heavy atom. The van der Waals surface area contributed by atoms with Gasteiger partial charge in [0, 0.05) is 23.7 Å². The summed E-state index contributed by atoms with van der Waals surface area (Å²) in [6.45, 7) is 0.255. The van der Waals surface area contributed by atoms with E-state index in [1.807, 2.05) is 0 Å². The van der Waals surface area contributed by atoms with Gasteiger partial charge in [-0.3, -0.25) is 4.79 Å². The smallest absolute Gasteiger partial charge is 0.422 e. The Morgan fingerprint density at radius 3 is 2.74 bits per heavy atom. The van der Waals surface area contributed by atoms with Crippen molar-refractivity contribution in [2.24, 2.45) is 11.7 Å². The second kappa shape index (κ2) is 7.21. The van der Waals surface area contributed by atoms with Gasteiger partial charge in [-0.25, -0.2) is 0 Å². The van der Waals surface area contributed by atoms with Crippen molar-refractivity contribution in [1.29, 1.82) is 0 Å². The van der Waals surface area contributed by atoms with Crippen LogP contribution in [0.15, 0.2) is 18.2 Å². The Hall–Kier alpha value is -1.76. The van der Waals surface area contributed by atoms with Crippen molar-refractivity contribution in [3.8, 4) is 5.75 Å². The van der Waals surface area contributed by atoms with E-state index in [4.69, 9.17) is 10.5 Å². The first-order chi connectivity index (χ1) is 10.8. The maximum atomic E-state index is 12.2. The van der Waals surface area contributed by atoms with Crippen molar-refractivity contribution < 1.29 is 22.7 Å². The van der Waals surface area contributed by atoms with E-state index < -0.39 is 12.8 Å². The summed E-state index contributed by atoms with van der Waals surface area (Å²) >= 11 is 0. The van der Waals surface area contributed by atoms with Gasteiger partial charge in [0.25, 0.3) is 0 Å². The second-order valence-electron chi connectivity index (χ2n) is 5.94. The van der Waals surface area contributed by atoms with E-state index in [0.29, 0.717) is 17.7 Å². The first-order valence-electron chi connectivity index (χ1n) is 7.61. The lowest BCUT2D eigenvalue weighted by Crippen LogP contribution is -2.28. The average molecular weight is 330 g/mol. The SMILES string of the molecule is Cc1c(NC(=O)C[C@@H]2CCC[C@H]2N)cccc1OCC(F)(F)F. The van der Waals surface area contributed by atoms with E-state index in [2.05, 4.69) is 5.32 Å². The minimum Gasteiger partial charge on any atom is -0.484 e. The van der Waals surface area contributed by atoms with Crippen LogP contribution in [0.2, 0.25) is 0 Å². The van der Waals surface area contributed by atoms with Crippen LogP contribution in [0, 0.1) is 12.8 Å². The highest BCUT2D eigenvalue weighted by Gasteiger charge is 2.29. The highest BCUT2D eigenvalue weighted by molar-refractivity contribution is 5.92. The molecule has 4 nitrogen and oxygen atoms in total. The fourth-order valence-electron chi connectivity index (χ4n) is 2.82. The molecule has 0 aliphatic heterocycles. The quantitative estimate of drug-likeness (QED) is 0.870. The van der Waals surface area contributed by atoms with Gasteiger partial charge in [0.15, 0.2) is 6.61 Å². The average Bonchev–Trinajstić information content (AvgIpc) is 2.84. The fourth-order valence-corrected chi connectivity index (χ4v) is 2.82. The summed E-state index contributed by atoms with van der Waals surface area (Å²) in [5.74, 6) is 0.0982. The molecule has 0 heterocycles. The van der Waals surface area contributed by atoms with E-state index >= 15 is 0 Å². The lowest BCUT2D eigenvalue weighted by Gasteiger charge is -2.17. The molecule has 128 valence electrons. The maximum absolute atomic E-state index is 12.2. The van der Waals surface area contributed by atoms with Crippen molar-refractivity contribution in [2.45, 2.75) is 44.8 Å². The van der Waals surface area contributed by atoms with Crippen LogP contribution in [0.4, 0.5) is 18.9 Å². The third kappa shape index (κ3) is 5.13. The summed E-state index contributed by atoms with van der Waals surface area (Å²) in [4.78, 5) is 12.1. The highest BCUT2D eigenvalue weighted by Crippen LogP contribution is 2.29. The summed E-state index contributed by atoms with van der Waals surface area (Å²) in [6.07, 6.45) is -1.18. The first-order valence-corrected chi connectivity index (χ1v) is 7.61. The number of benzene rings is 1. The molecule has 2 rings (SSSR count). The number of ether oxygens (including phenoxy) is 1. The van der Waals surface area contributed by atoms with Crippen LogP contribution in [0.1, 0.15) is 31.2 Å². The number of carbonyl (C=O) groups is 1. The molecule has 1 aromatic rings. The predicted molar refractivity (Wildman–Crippen MR) is 81.3 cm³/mol. The summed E-state index contributed by atoms with van der Waals surface area (Å²) in [6, 6.07) is 4.69. The topological polar surface area (TPSA) is 64.4 Å². The van der Waals surface area contributed by atoms with Gasteiger partial charge in [-0.05, 0) is 37.8 Å². The molecule has 0 saturated heterocycles. The molecule has 2 atom stereocenters. The molecule has 1 saturated carbocycles. The third-order valence-corrected chi connectivity index (χ3v) is 4.11. The molecule has 1 aliphatic carbocycles. The van der Waals surface area contributed by atoms with Crippen molar-refractivity contribution in [2.75, 3.05) is 11.9 Å². The van der Waals surface area contributed by atoms with Crippen molar-refractivity contribution in [1.82, 2.24) is 0 Å². The van der Waals surface area contributed by atoms with E-state index in [-0.39, 0.29) is 23.6 Å². The van der Waals surface area contributed by atoms with Crippen LogP contribution in [-0.4, -0.2) is 24.7 Å². The van der Waals surface area contributed by atoms with Gasteiger partial charge in [0.1, 0.15) is 5.75 Å². The van der Waals surface area contributed by atoms with E-state index in [1.165, 1.54) is 6.07 Å². The van der Waals surface area contributed by atoms with Gasteiger partial charge >= 0.3 is 6.18 Å². The monoisotopic (exact) mass is 330 g/mol. The Kier molecular flexibility index (Phi) is 5.51. The molecule has 1 aromatic carbocycles. The van der Waals surface area contributed by atoms with E-state index in [1.54, 1.807) is 19.1 Å². The minimum absolute atomic E-state index is 0.0447. The molecule has 0 aromatic heterocycles. The molecule has 1 amide bonds. The molecule has 23 heavy (non-hydrogen) atoms. The van der Waals surface area contributed by atoms with Crippen LogP contribution in [-0.2, 0) is 4.79 Å². The molecule has 1 aliphatic rings. The first kappa shape index (κ1) is 17.6. The standard InChI is InChI=1S/C16H21F3N2O2/c1-10-13(6-3-7-14(10)23-9-16(17,18)19)21-15(22)8-11-4-2-5-12(11)20/h3,6-7,11-12H,2,4-5,8-9,20H2,1H3,(H,21,22)/t11-,12+/m0/s1. The van der Waals surface area contributed by atoms with Crippen LogP contribution >= 0.6 is 0 Å². The summed E-state index contributed by atoms with van der Waals surface area (Å²) in [7, 11) is 0. The molecular weight excluding hydrogens is 309 g/mol. The van der Waals surface area contributed by atoms with Gasteiger partial charge in [-0.15, -0.1) is 0 Å². The summed E-state index contributed by atoms with van der Waals surface area (Å²) < 4.78 is 41.5.